The monoisotopic (exact) mass is 411 g/mol. The van der Waals surface area contributed by atoms with Gasteiger partial charge in [0, 0.05) is 13.1 Å². The normalized spacial score (nSPS) is 10.9. The van der Waals surface area contributed by atoms with E-state index in [0.29, 0.717) is 18.2 Å². The van der Waals surface area contributed by atoms with Gasteiger partial charge in [-0.3, -0.25) is 14.5 Å². The van der Waals surface area contributed by atoms with Gasteiger partial charge in [0.1, 0.15) is 5.82 Å². The Balaban J connectivity index is 1.91. The lowest BCUT2D eigenvalue weighted by Gasteiger charge is -2.24. The number of hydrogen-bond acceptors (Lipinski definition) is 3. The zero-order valence-corrected chi connectivity index (χ0v) is 16.0. The van der Waals surface area contributed by atoms with Crippen molar-refractivity contribution in [2.75, 3.05) is 32.0 Å². The second-order valence-electron chi connectivity index (χ2n) is 6.48. The molecule has 0 aromatic heterocycles. The number of anilines is 1. The predicted octanol–water partition coefficient (Wildman–Crippen LogP) is 3.16. The number of carbonyl (C=O) groups is 2. The van der Waals surface area contributed by atoms with E-state index in [1.165, 1.54) is 29.0 Å². The van der Waals surface area contributed by atoms with E-state index in [1.54, 1.807) is 19.1 Å². The van der Waals surface area contributed by atoms with E-state index in [9.17, 15) is 27.2 Å². The first-order valence-electron chi connectivity index (χ1n) is 8.85. The summed E-state index contributed by atoms with van der Waals surface area (Å²) in [6.07, 6.45) is 0. The summed E-state index contributed by atoms with van der Waals surface area (Å²) in [5.74, 6) is -5.92. The molecule has 2 aromatic carbocycles. The summed E-state index contributed by atoms with van der Waals surface area (Å²) in [5.41, 5.74) is 0.143. The van der Waals surface area contributed by atoms with E-state index in [-0.39, 0.29) is 25.5 Å². The van der Waals surface area contributed by atoms with E-state index in [2.05, 4.69) is 5.32 Å². The van der Waals surface area contributed by atoms with Crippen molar-refractivity contribution in [3.05, 3.63) is 65.2 Å². The first-order chi connectivity index (χ1) is 13.7. The number of rotatable bonds is 8. The number of benzene rings is 2. The van der Waals surface area contributed by atoms with Crippen LogP contribution in [0.25, 0.3) is 0 Å². The largest absolute Gasteiger partial charge is 0.338 e. The van der Waals surface area contributed by atoms with Crippen molar-refractivity contribution in [2.45, 2.75) is 13.5 Å². The molecule has 0 saturated carbocycles. The lowest BCUT2D eigenvalue weighted by atomic mass is 10.2. The summed E-state index contributed by atoms with van der Waals surface area (Å²) in [5, 5.41) is 2.14. The lowest BCUT2D eigenvalue weighted by molar-refractivity contribution is -0.132. The minimum atomic E-state index is -1.68. The van der Waals surface area contributed by atoms with Crippen LogP contribution in [0.4, 0.5) is 23.2 Å². The Bertz CT molecular complexity index is 892. The highest BCUT2D eigenvalue weighted by atomic mass is 19.2. The van der Waals surface area contributed by atoms with Crippen LogP contribution in [0, 0.1) is 23.3 Å². The first kappa shape index (κ1) is 22.4. The molecule has 0 bridgehead atoms. The SMILES string of the molecule is CCN(Cc1cccc(F)c1)C(=O)CN(C)CC(=O)Nc1ccc(F)c(F)c1F. The Kier molecular flexibility index (Phi) is 7.72. The van der Waals surface area contributed by atoms with Crippen LogP contribution in [0.2, 0.25) is 0 Å². The van der Waals surface area contributed by atoms with Crippen LogP contribution in [0.15, 0.2) is 36.4 Å². The third-order valence-corrected chi connectivity index (χ3v) is 4.12. The molecular weight excluding hydrogens is 390 g/mol. The Morgan fingerprint density at radius 2 is 1.72 bits per heavy atom. The first-order valence-corrected chi connectivity index (χ1v) is 8.85. The van der Waals surface area contributed by atoms with Crippen molar-refractivity contribution >= 4 is 17.5 Å². The number of likely N-dealkylation sites (N-methyl/N-ethyl adjacent to an activating group) is 2. The van der Waals surface area contributed by atoms with Crippen LogP contribution in [0.3, 0.4) is 0 Å². The molecule has 9 heteroatoms. The summed E-state index contributed by atoms with van der Waals surface area (Å²) >= 11 is 0. The molecule has 2 aromatic rings. The molecule has 2 rings (SSSR count). The van der Waals surface area contributed by atoms with Gasteiger partial charge in [0.25, 0.3) is 0 Å². The van der Waals surface area contributed by atoms with Crippen LogP contribution in [0.1, 0.15) is 12.5 Å². The quantitative estimate of drug-likeness (QED) is 0.536. The maximum absolute atomic E-state index is 13.6. The summed E-state index contributed by atoms with van der Waals surface area (Å²) in [7, 11) is 1.51. The molecule has 0 aliphatic heterocycles. The number of hydrogen-bond donors (Lipinski definition) is 1. The fourth-order valence-electron chi connectivity index (χ4n) is 2.68. The molecule has 0 unspecified atom stereocenters. The predicted molar refractivity (Wildman–Crippen MR) is 99.9 cm³/mol. The number of nitrogens with zero attached hydrogens (tertiary/aromatic N) is 2. The minimum absolute atomic E-state index is 0.114. The average molecular weight is 411 g/mol. The van der Waals surface area contributed by atoms with E-state index >= 15 is 0 Å². The van der Waals surface area contributed by atoms with Gasteiger partial charge in [0.05, 0.1) is 18.8 Å². The highest BCUT2D eigenvalue weighted by molar-refractivity contribution is 5.92. The smallest absolute Gasteiger partial charge is 0.238 e. The molecule has 0 aliphatic carbocycles. The average Bonchev–Trinajstić information content (AvgIpc) is 2.66. The summed E-state index contributed by atoms with van der Waals surface area (Å²) < 4.78 is 53.1. The Hall–Kier alpha value is -2.94. The molecule has 2 amide bonds. The standard InChI is InChI=1S/C20H21F4N3O2/c1-3-27(10-13-5-4-6-14(21)9-13)18(29)12-26(2)11-17(28)25-16-8-7-15(22)19(23)20(16)24/h4-9H,3,10-12H2,1-2H3,(H,25,28). The third kappa shape index (κ3) is 6.28. The van der Waals surface area contributed by atoms with Gasteiger partial charge >= 0.3 is 0 Å². The molecule has 0 saturated heterocycles. The highest BCUT2D eigenvalue weighted by Gasteiger charge is 2.19. The summed E-state index contributed by atoms with van der Waals surface area (Å²) in [4.78, 5) is 27.4. The van der Waals surface area contributed by atoms with Crippen LogP contribution in [-0.4, -0.2) is 48.3 Å². The third-order valence-electron chi connectivity index (χ3n) is 4.12. The second kappa shape index (κ2) is 10.0. The van der Waals surface area contributed by atoms with Crippen LogP contribution in [-0.2, 0) is 16.1 Å². The van der Waals surface area contributed by atoms with E-state index in [0.717, 1.165) is 6.07 Å². The molecule has 0 heterocycles. The number of carbonyl (C=O) groups excluding carboxylic acids is 2. The van der Waals surface area contributed by atoms with Crippen molar-refractivity contribution in [1.82, 2.24) is 9.80 Å². The van der Waals surface area contributed by atoms with Gasteiger partial charge in [0.15, 0.2) is 17.5 Å². The second-order valence-corrected chi connectivity index (χ2v) is 6.48. The van der Waals surface area contributed by atoms with Crippen molar-refractivity contribution in [1.29, 1.82) is 0 Å². The highest BCUT2D eigenvalue weighted by Crippen LogP contribution is 2.19. The van der Waals surface area contributed by atoms with Gasteiger partial charge in [-0.2, -0.15) is 0 Å². The Morgan fingerprint density at radius 1 is 1.00 bits per heavy atom. The maximum atomic E-state index is 13.6. The van der Waals surface area contributed by atoms with Crippen LogP contribution >= 0.6 is 0 Å². The maximum Gasteiger partial charge on any atom is 0.238 e. The van der Waals surface area contributed by atoms with E-state index < -0.39 is 34.9 Å². The zero-order valence-electron chi connectivity index (χ0n) is 16.0. The van der Waals surface area contributed by atoms with E-state index in [4.69, 9.17) is 0 Å². The van der Waals surface area contributed by atoms with Gasteiger partial charge < -0.3 is 10.2 Å². The topological polar surface area (TPSA) is 52.7 Å². The molecule has 0 fully saturated rings. The minimum Gasteiger partial charge on any atom is -0.338 e. The molecule has 0 aliphatic rings. The summed E-state index contributed by atoms with van der Waals surface area (Å²) in [6, 6.07) is 7.51. The fourth-order valence-corrected chi connectivity index (χ4v) is 2.68. The molecule has 156 valence electrons. The molecule has 29 heavy (non-hydrogen) atoms. The molecule has 5 nitrogen and oxygen atoms in total. The summed E-state index contributed by atoms with van der Waals surface area (Å²) in [6.45, 7) is 1.98. The lowest BCUT2D eigenvalue weighted by Crippen LogP contribution is -2.41. The number of nitrogens with one attached hydrogen (secondary N) is 1. The number of halogens is 4. The van der Waals surface area contributed by atoms with Gasteiger partial charge in [-0.05, 0) is 43.8 Å². The molecule has 1 N–H and O–H groups in total. The van der Waals surface area contributed by atoms with Gasteiger partial charge in [-0.1, -0.05) is 12.1 Å². The molecule has 0 atom stereocenters. The molecular formula is C20H21F4N3O2. The van der Waals surface area contributed by atoms with Gasteiger partial charge in [-0.15, -0.1) is 0 Å². The molecule has 0 spiro atoms. The van der Waals surface area contributed by atoms with Crippen molar-refractivity contribution in [3.63, 3.8) is 0 Å². The van der Waals surface area contributed by atoms with Crippen molar-refractivity contribution in [3.8, 4) is 0 Å². The Morgan fingerprint density at radius 3 is 2.38 bits per heavy atom. The van der Waals surface area contributed by atoms with Crippen LogP contribution < -0.4 is 5.32 Å². The number of amides is 2. The van der Waals surface area contributed by atoms with Crippen LogP contribution in [0.5, 0.6) is 0 Å². The van der Waals surface area contributed by atoms with Gasteiger partial charge in [-0.25, -0.2) is 17.6 Å². The fraction of sp³-hybridized carbons (Fsp3) is 0.300. The van der Waals surface area contributed by atoms with E-state index in [1.807, 2.05) is 0 Å². The van der Waals surface area contributed by atoms with Crippen molar-refractivity contribution < 1.29 is 27.2 Å². The van der Waals surface area contributed by atoms with Gasteiger partial charge in [0.2, 0.25) is 11.8 Å². The molecule has 0 radical (unpaired) electrons. The Labute approximate surface area is 165 Å². The zero-order chi connectivity index (χ0) is 21.6. The van der Waals surface area contributed by atoms with Crippen molar-refractivity contribution in [2.24, 2.45) is 0 Å².